The third-order valence-corrected chi connectivity index (χ3v) is 13.0. The second-order valence-corrected chi connectivity index (χ2v) is 21.7. The number of unbranched alkanes of at least 4 members (excludes halogenated alkanes) is 18. The fraction of sp³-hybridized carbons (Fsp3) is 0.656. The molecule has 0 aliphatic rings. The van der Waals surface area contributed by atoms with E-state index in [4.69, 9.17) is 18.5 Å². The van der Waals surface area contributed by atoms with Crippen LogP contribution in [0.2, 0.25) is 0 Å². The molecule has 422 valence electrons. The second kappa shape index (κ2) is 54.2. The molecule has 0 fully saturated rings. The first-order valence-corrected chi connectivity index (χ1v) is 30.8. The lowest BCUT2D eigenvalue weighted by molar-refractivity contribution is -0.870. The van der Waals surface area contributed by atoms with E-state index < -0.39 is 26.5 Å². The smallest absolute Gasteiger partial charge is 0.462 e. The molecule has 0 rings (SSSR count). The van der Waals surface area contributed by atoms with Gasteiger partial charge in [0.1, 0.15) is 19.8 Å². The van der Waals surface area contributed by atoms with E-state index in [2.05, 4.69) is 135 Å². The van der Waals surface area contributed by atoms with Gasteiger partial charge in [-0.2, -0.15) is 0 Å². The van der Waals surface area contributed by atoms with Gasteiger partial charge in [0.05, 0.1) is 27.7 Å². The minimum Gasteiger partial charge on any atom is -0.462 e. The maximum absolute atomic E-state index is 12.8. The predicted octanol–water partition coefficient (Wildman–Crippen LogP) is 18.4. The number of allylic oxidation sites excluding steroid dienone is 20. The highest BCUT2D eigenvalue weighted by Crippen LogP contribution is 2.43. The van der Waals surface area contributed by atoms with E-state index in [0.29, 0.717) is 17.4 Å². The Labute approximate surface area is 454 Å². The Morgan fingerprint density at radius 2 is 0.770 bits per heavy atom. The van der Waals surface area contributed by atoms with Gasteiger partial charge in [0.25, 0.3) is 0 Å². The molecule has 0 radical (unpaired) electrons. The Kier molecular flexibility index (Phi) is 51.6. The number of phosphoric ester groups is 1. The topological polar surface area (TPSA) is 108 Å². The number of carbonyl (C=O) groups is 2. The summed E-state index contributed by atoms with van der Waals surface area (Å²) >= 11 is 0. The van der Waals surface area contributed by atoms with Crippen LogP contribution in [-0.4, -0.2) is 74.9 Å². The lowest BCUT2D eigenvalue weighted by atomic mass is 10.1. The molecule has 0 amide bonds. The van der Waals surface area contributed by atoms with Gasteiger partial charge in [0.2, 0.25) is 0 Å². The largest absolute Gasteiger partial charge is 0.472 e. The molecule has 0 saturated carbocycles. The lowest BCUT2D eigenvalue weighted by Crippen LogP contribution is -2.37. The number of hydrogen-bond donors (Lipinski definition) is 1. The zero-order valence-electron chi connectivity index (χ0n) is 47.8. The van der Waals surface area contributed by atoms with Crippen LogP contribution in [0.25, 0.3) is 0 Å². The Balaban J connectivity index is 4.26. The van der Waals surface area contributed by atoms with Crippen molar-refractivity contribution in [3.05, 3.63) is 122 Å². The number of quaternary nitrogens is 1. The maximum atomic E-state index is 12.8. The van der Waals surface area contributed by atoms with E-state index in [0.717, 1.165) is 116 Å². The highest BCUT2D eigenvalue weighted by molar-refractivity contribution is 7.47. The number of hydrogen-bond acceptors (Lipinski definition) is 7. The zero-order valence-corrected chi connectivity index (χ0v) is 48.7. The lowest BCUT2D eigenvalue weighted by Gasteiger charge is -2.24. The third-order valence-electron chi connectivity index (χ3n) is 12.0. The normalized spacial score (nSPS) is 14.2. The van der Waals surface area contributed by atoms with Crippen molar-refractivity contribution >= 4 is 19.8 Å². The van der Waals surface area contributed by atoms with E-state index in [1.807, 2.05) is 21.1 Å². The van der Waals surface area contributed by atoms with Crippen LogP contribution in [0.1, 0.15) is 219 Å². The summed E-state index contributed by atoms with van der Waals surface area (Å²) in [6.45, 7) is 4.27. The molecule has 10 heteroatoms. The van der Waals surface area contributed by atoms with Crippen LogP contribution in [0.3, 0.4) is 0 Å². The van der Waals surface area contributed by atoms with Crippen molar-refractivity contribution in [2.24, 2.45) is 0 Å². The molecule has 0 saturated heterocycles. The first-order chi connectivity index (χ1) is 36.0. The van der Waals surface area contributed by atoms with Crippen LogP contribution in [0.4, 0.5) is 0 Å². The van der Waals surface area contributed by atoms with Crippen LogP contribution in [0, 0.1) is 0 Å². The molecule has 0 aromatic carbocycles. The van der Waals surface area contributed by atoms with Gasteiger partial charge < -0.3 is 18.9 Å². The molecule has 0 spiro atoms. The molecule has 1 N–H and O–H groups in total. The number of ether oxygens (including phenoxy) is 2. The summed E-state index contributed by atoms with van der Waals surface area (Å²) in [5.74, 6) is -0.833. The summed E-state index contributed by atoms with van der Waals surface area (Å²) in [4.78, 5) is 35.7. The summed E-state index contributed by atoms with van der Waals surface area (Å²) in [6, 6.07) is 0. The van der Waals surface area contributed by atoms with Crippen molar-refractivity contribution in [2.75, 3.05) is 47.5 Å². The minimum atomic E-state index is -4.40. The highest BCUT2D eigenvalue weighted by Gasteiger charge is 2.27. The first-order valence-electron chi connectivity index (χ1n) is 29.3. The SMILES string of the molecule is CC/C=C\C/C=C\C/C=C\C/C=C\C/C=C\C/C=C\C/C=C\CCCCCCCCCC(=O)OC(COC(=O)CCCCCCCC/C=C\C/C=C\C/C=C\CCCCCCC)COP(=O)(O)OCC[N+](C)(C)C. The Morgan fingerprint density at radius 3 is 1.15 bits per heavy atom. The van der Waals surface area contributed by atoms with Gasteiger partial charge >= 0.3 is 19.8 Å². The first kappa shape index (κ1) is 70.4. The van der Waals surface area contributed by atoms with Crippen LogP contribution in [0.15, 0.2) is 122 Å². The maximum Gasteiger partial charge on any atom is 0.472 e. The van der Waals surface area contributed by atoms with E-state index in [1.165, 1.54) is 70.6 Å². The van der Waals surface area contributed by atoms with Gasteiger partial charge in [-0.3, -0.25) is 18.6 Å². The van der Waals surface area contributed by atoms with E-state index in [9.17, 15) is 19.0 Å². The van der Waals surface area contributed by atoms with Crippen molar-refractivity contribution < 1.29 is 42.1 Å². The molecule has 0 bridgehead atoms. The summed E-state index contributed by atoms with van der Waals surface area (Å²) < 4.78 is 34.5. The molecule has 74 heavy (non-hydrogen) atoms. The Morgan fingerprint density at radius 1 is 0.432 bits per heavy atom. The van der Waals surface area contributed by atoms with Gasteiger partial charge in [-0.15, -0.1) is 0 Å². The van der Waals surface area contributed by atoms with Crippen LogP contribution in [0.5, 0.6) is 0 Å². The predicted molar refractivity (Wildman–Crippen MR) is 316 cm³/mol. The fourth-order valence-corrected chi connectivity index (χ4v) is 8.21. The molecule has 0 aromatic rings. The number of esters is 2. The van der Waals surface area contributed by atoms with Gasteiger partial charge in [0.15, 0.2) is 6.10 Å². The number of nitrogens with zero attached hydrogens (tertiary/aromatic N) is 1. The van der Waals surface area contributed by atoms with E-state index in [-0.39, 0.29) is 32.0 Å². The Bertz CT molecular complexity index is 1660. The standard InChI is InChI=1S/C64H108NO8P/c1-6-8-10-12-14-16-18-20-22-24-26-28-29-30-31-32-33-34-35-37-39-41-43-45-47-49-51-53-55-57-64(67)73-62(61-72-74(68,69)71-59-58-65(3,4)5)60-70-63(66)56-54-52-50-48-46-44-42-40-38-36-27-25-23-21-19-17-15-13-11-9-7-2/h8,10,14,16,19-22,25-28,30-31,33-34,37-40,62H,6-7,9,11-13,15,17-18,23-24,29,32,35-36,41-61H2,1-5H3/p+1/b10-8-,16-14-,21-19-,22-20-,27-25-,28-26-,31-30-,34-33-,39-37-,40-38-. The zero-order chi connectivity index (χ0) is 54.2. The molecule has 2 unspecified atom stereocenters. The molecule has 9 nitrogen and oxygen atoms in total. The van der Waals surface area contributed by atoms with Gasteiger partial charge in [-0.25, -0.2) is 4.57 Å². The van der Waals surface area contributed by atoms with Gasteiger partial charge in [0, 0.05) is 12.8 Å². The number of rotatable bonds is 52. The van der Waals surface area contributed by atoms with Crippen molar-refractivity contribution in [1.29, 1.82) is 0 Å². The van der Waals surface area contributed by atoms with Gasteiger partial charge in [-0.1, -0.05) is 219 Å². The summed E-state index contributed by atoms with van der Waals surface area (Å²) in [5.41, 5.74) is 0. The molecule has 0 aromatic heterocycles. The van der Waals surface area contributed by atoms with Crippen LogP contribution < -0.4 is 0 Å². The van der Waals surface area contributed by atoms with Crippen molar-refractivity contribution in [3.8, 4) is 0 Å². The quantitative estimate of drug-likeness (QED) is 0.0211. The highest BCUT2D eigenvalue weighted by atomic mass is 31.2. The molecule has 2 atom stereocenters. The average molecular weight is 1050 g/mol. The number of carbonyl (C=O) groups excluding carboxylic acids is 2. The molecular formula is C64H109NO8P+. The fourth-order valence-electron chi connectivity index (χ4n) is 7.47. The van der Waals surface area contributed by atoms with Crippen molar-refractivity contribution in [1.82, 2.24) is 0 Å². The van der Waals surface area contributed by atoms with Gasteiger partial charge in [-0.05, 0) is 109 Å². The van der Waals surface area contributed by atoms with E-state index >= 15 is 0 Å². The molecular weight excluding hydrogens is 942 g/mol. The number of likely N-dealkylation sites (N-methyl/N-ethyl adjacent to an activating group) is 1. The van der Waals surface area contributed by atoms with Crippen molar-refractivity contribution in [2.45, 2.75) is 225 Å². The second-order valence-electron chi connectivity index (χ2n) is 20.3. The summed E-state index contributed by atoms with van der Waals surface area (Å²) in [6.07, 6.45) is 76.8. The summed E-state index contributed by atoms with van der Waals surface area (Å²) in [5, 5.41) is 0. The van der Waals surface area contributed by atoms with Crippen LogP contribution in [-0.2, 0) is 32.7 Å². The molecule has 0 aliphatic heterocycles. The van der Waals surface area contributed by atoms with Crippen molar-refractivity contribution in [3.63, 3.8) is 0 Å². The third kappa shape index (κ3) is 57.7. The minimum absolute atomic E-state index is 0.0200. The van der Waals surface area contributed by atoms with Crippen LogP contribution >= 0.6 is 7.82 Å². The molecule has 0 heterocycles. The number of phosphoric acid groups is 1. The Hall–Kier alpha value is -3.59. The average Bonchev–Trinajstić information content (AvgIpc) is 3.36. The van der Waals surface area contributed by atoms with E-state index in [1.54, 1.807) is 0 Å². The molecule has 0 aliphatic carbocycles. The monoisotopic (exact) mass is 1050 g/mol. The summed E-state index contributed by atoms with van der Waals surface area (Å²) in [7, 11) is 1.44.